The molecule has 0 saturated heterocycles. The van der Waals surface area contributed by atoms with Crippen molar-refractivity contribution in [1.29, 1.82) is 0 Å². The molecule has 144 valence electrons. The van der Waals surface area contributed by atoms with Crippen LogP contribution in [0.1, 0.15) is 32.6 Å². The maximum Gasteiger partial charge on any atom is 0.255 e. The van der Waals surface area contributed by atoms with Crippen LogP contribution in [0.2, 0.25) is 0 Å². The molecule has 4 heteroatoms. The quantitative estimate of drug-likeness (QED) is 0.623. The second-order valence-electron chi connectivity index (χ2n) is 6.89. The molecule has 28 heavy (non-hydrogen) atoms. The first-order chi connectivity index (χ1) is 13.5. The predicted octanol–water partition coefficient (Wildman–Crippen LogP) is 5.45. The van der Waals surface area contributed by atoms with E-state index in [0.29, 0.717) is 23.7 Å². The standard InChI is InChI=1S/C24H25NO3/c1-16-5-8-19(9-6-16)15-28-22-12-10-20(14-23(22)27-4)24(26)25-21-11-7-17(2)18(3)13-21/h5-14H,15H2,1-4H3,(H,25,26). The zero-order valence-corrected chi connectivity index (χ0v) is 16.7. The van der Waals surface area contributed by atoms with Gasteiger partial charge in [-0.25, -0.2) is 0 Å². The fraction of sp³-hybridized carbons (Fsp3) is 0.208. The van der Waals surface area contributed by atoms with Crippen molar-refractivity contribution in [3.05, 3.63) is 88.5 Å². The highest BCUT2D eigenvalue weighted by atomic mass is 16.5. The van der Waals surface area contributed by atoms with E-state index in [1.807, 2.05) is 44.2 Å². The summed E-state index contributed by atoms with van der Waals surface area (Å²) in [6.07, 6.45) is 0. The lowest BCUT2D eigenvalue weighted by Gasteiger charge is -2.13. The average Bonchev–Trinajstić information content (AvgIpc) is 2.70. The van der Waals surface area contributed by atoms with E-state index >= 15 is 0 Å². The maximum absolute atomic E-state index is 12.6. The van der Waals surface area contributed by atoms with Crippen molar-refractivity contribution in [2.45, 2.75) is 27.4 Å². The van der Waals surface area contributed by atoms with Crippen LogP contribution in [0.4, 0.5) is 5.69 Å². The van der Waals surface area contributed by atoms with Gasteiger partial charge in [0.1, 0.15) is 6.61 Å². The lowest BCUT2D eigenvalue weighted by molar-refractivity contribution is 0.102. The Morgan fingerprint density at radius 3 is 2.29 bits per heavy atom. The van der Waals surface area contributed by atoms with Gasteiger partial charge in [-0.15, -0.1) is 0 Å². The molecule has 0 radical (unpaired) electrons. The number of amides is 1. The number of anilines is 1. The van der Waals surface area contributed by atoms with Crippen molar-refractivity contribution in [1.82, 2.24) is 0 Å². The van der Waals surface area contributed by atoms with Crippen LogP contribution in [-0.2, 0) is 6.61 Å². The third-order valence-electron chi connectivity index (χ3n) is 4.71. The fourth-order valence-electron chi connectivity index (χ4n) is 2.80. The Morgan fingerprint density at radius 1 is 0.857 bits per heavy atom. The zero-order valence-electron chi connectivity index (χ0n) is 16.7. The summed E-state index contributed by atoms with van der Waals surface area (Å²) >= 11 is 0. The minimum Gasteiger partial charge on any atom is -0.493 e. The van der Waals surface area contributed by atoms with Gasteiger partial charge < -0.3 is 14.8 Å². The zero-order chi connectivity index (χ0) is 20.1. The molecular formula is C24H25NO3. The highest BCUT2D eigenvalue weighted by Crippen LogP contribution is 2.29. The Balaban J connectivity index is 1.71. The number of carbonyl (C=O) groups is 1. The van der Waals surface area contributed by atoms with Crippen LogP contribution in [0.5, 0.6) is 11.5 Å². The van der Waals surface area contributed by atoms with Gasteiger partial charge in [0.2, 0.25) is 0 Å². The monoisotopic (exact) mass is 375 g/mol. The lowest BCUT2D eigenvalue weighted by atomic mass is 10.1. The van der Waals surface area contributed by atoms with Gasteiger partial charge in [-0.3, -0.25) is 4.79 Å². The van der Waals surface area contributed by atoms with Gasteiger partial charge in [-0.2, -0.15) is 0 Å². The Hall–Kier alpha value is -3.27. The molecule has 3 aromatic rings. The third-order valence-corrected chi connectivity index (χ3v) is 4.71. The number of methoxy groups -OCH3 is 1. The maximum atomic E-state index is 12.6. The Morgan fingerprint density at radius 2 is 1.61 bits per heavy atom. The molecule has 3 rings (SSSR count). The average molecular weight is 375 g/mol. The van der Waals surface area contributed by atoms with Gasteiger partial charge in [-0.1, -0.05) is 35.9 Å². The molecule has 0 saturated carbocycles. The van der Waals surface area contributed by atoms with Crippen LogP contribution in [0, 0.1) is 20.8 Å². The highest BCUT2D eigenvalue weighted by molar-refractivity contribution is 6.04. The topological polar surface area (TPSA) is 47.6 Å². The van der Waals surface area contributed by atoms with Gasteiger partial charge in [0.05, 0.1) is 7.11 Å². The van der Waals surface area contributed by atoms with Crippen molar-refractivity contribution in [2.24, 2.45) is 0 Å². The molecule has 0 fully saturated rings. The summed E-state index contributed by atoms with van der Waals surface area (Å²) in [6.45, 7) is 6.55. The first-order valence-corrected chi connectivity index (χ1v) is 9.21. The van der Waals surface area contributed by atoms with E-state index in [9.17, 15) is 4.79 Å². The first-order valence-electron chi connectivity index (χ1n) is 9.21. The summed E-state index contributed by atoms with van der Waals surface area (Å²) in [5.74, 6) is 0.942. The number of hydrogen-bond donors (Lipinski definition) is 1. The molecule has 0 unspecified atom stereocenters. The Bertz CT molecular complexity index is 978. The van der Waals surface area contributed by atoms with E-state index in [2.05, 4.69) is 24.4 Å². The Labute approximate surface area is 166 Å². The number of rotatable bonds is 6. The summed E-state index contributed by atoms with van der Waals surface area (Å²) in [5.41, 5.74) is 5.89. The molecule has 0 heterocycles. The van der Waals surface area contributed by atoms with Crippen LogP contribution in [0.15, 0.2) is 60.7 Å². The predicted molar refractivity (Wildman–Crippen MR) is 112 cm³/mol. The van der Waals surface area contributed by atoms with Crippen molar-refractivity contribution in [2.75, 3.05) is 12.4 Å². The van der Waals surface area contributed by atoms with Gasteiger partial charge in [0.15, 0.2) is 11.5 Å². The van der Waals surface area contributed by atoms with Crippen LogP contribution < -0.4 is 14.8 Å². The van der Waals surface area contributed by atoms with Crippen LogP contribution in [-0.4, -0.2) is 13.0 Å². The van der Waals surface area contributed by atoms with Gasteiger partial charge in [0.25, 0.3) is 5.91 Å². The number of ether oxygens (including phenoxy) is 2. The van der Waals surface area contributed by atoms with E-state index in [4.69, 9.17) is 9.47 Å². The fourth-order valence-corrected chi connectivity index (χ4v) is 2.80. The summed E-state index contributed by atoms with van der Waals surface area (Å²) in [7, 11) is 1.57. The van der Waals surface area contributed by atoms with Crippen molar-refractivity contribution < 1.29 is 14.3 Å². The highest BCUT2D eigenvalue weighted by Gasteiger charge is 2.12. The molecule has 0 aliphatic heterocycles. The van der Waals surface area contributed by atoms with E-state index in [-0.39, 0.29) is 5.91 Å². The molecule has 0 atom stereocenters. The van der Waals surface area contributed by atoms with Crippen LogP contribution in [0.3, 0.4) is 0 Å². The first kappa shape index (κ1) is 19.5. The lowest BCUT2D eigenvalue weighted by Crippen LogP contribution is -2.12. The molecular weight excluding hydrogens is 350 g/mol. The number of benzene rings is 3. The normalized spacial score (nSPS) is 10.4. The molecule has 4 nitrogen and oxygen atoms in total. The number of aryl methyl sites for hydroxylation is 3. The van der Waals surface area contributed by atoms with Crippen LogP contribution in [0.25, 0.3) is 0 Å². The number of carbonyl (C=O) groups excluding carboxylic acids is 1. The minimum atomic E-state index is -0.188. The van der Waals surface area contributed by atoms with Crippen LogP contribution >= 0.6 is 0 Å². The van der Waals surface area contributed by atoms with Gasteiger partial charge in [0, 0.05) is 11.3 Å². The van der Waals surface area contributed by atoms with E-state index in [1.54, 1.807) is 25.3 Å². The Kier molecular flexibility index (Phi) is 5.99. The molecule has 1 N–H and O–H groups in total. The molecule has 1 amide bonds. The smallest absolute Gasteiger partial charge is 0.255 e. The molecule has 0 aliphatic carbocycles. The summed E-state index contributed by atoms with van der Waals surface area (Å²) < 4.78 is 11.3. The number of nitrogens with one attached hydrogen (secondary N) is 1. The molecule has 0 bridgehead atoms. The number of hydrogen-bond acceptors (Lipinski definition) is 3. The summed E-state index contributed by atoms with van der Waals surface area (Å²) in [4.78, 5) is 12.6. The summed E-state index contributed by atoms with van der Waals surface area (Å²) in [6, 6.07) is 19.2. The molecule has 3 aromatic carbocycles. The van der Waals surface area contributed by atoms with Gasteiger partial charge >= 0.3 is 0 Å². The van der Waals surface area contributed by atoms with E-state index < -0.39 is 0 Å². The minimum absolute atomic E-state index is 0.188. The molecule has 0 aromatic heterocycles. The molecule has 0 spiro atoms. The third kappa shape index (κ3) is 4.71. The van der Waals surface area contributed by atoms with E-state index in [0.717, 1.165) is 16.8 Å². The van der Waals surface area contributed by atoms with Gasteiger partial charge in [-0.05, 0) is 67.8 Å². The largest absolute Gasteiger partial charge is 0.493 e. The second kappa shape index (κ2) is 8.61. The second-order valence-corrected chi connectivity index (χ2v) is 6.89. The molecule has 0 aliphatic rings. The van der Waals surface area contributed by atoms with Crippen molar-refractivity contribution in [3.8, 4) is 11.5 Å². The summed E-state index contributed by atoms with van der Waals surface area (Å²) in [5, 5.41) is 2.92. The van der Waals surface area contributed by atoms with Crippen molar-refractivity contribution in [3.63, 3.8) is 0 Å². The SMILES string of the molecule is COc1cc(C(=O)Nc2ccc(C)c(C)c2)ccc1OCc1ccc(C)cc1. The van der Waals surface area contributed by atoms with Crippen molar-refractivity contribution >= 4 is 11.6 Å². The van der Waals surface area contributed by atoms with E-state index in [1.165, 1.54) is 11.1 Å².